The predicted molar refractivity (Wildman–Crippen MR) is 96.0 cm³/mol. The second-order valence-electron chi connectivity index (χ2n) is 6.40. The van der Waals surface area contributed by atoms with Gasteiger partial charge >= 0.3 is 0 Å². The molecular weight excluding hydrogens is 358 g/mol. The number of hydrogen-bond acceptors (Lipinski definition) is 2. The molecular formula is C19H13ClF2N4. The van der Waals surface area contributed by atoms with Crippen molar-refractivity contribution in [2.24, 2.45) is 0 Å². The van der Waals surface area contributed by atoms with Gasteiger partial charge in [-0.05, 0) is 30.7 Å². The molecule has 0 unspecified atom stereocenters. The lowest BCUT2D eigenvalue weighted by Crippen LogP contribution is -1.97. The molecule has 1 aliphatic rings. The van der Waals surface area contributed by atoms with Crippen LogP contribution in [0.2, 0.25) is 5.02 Å². The number of hydrogen-bond donors (Lipinski definition) is 1. The highest BCUT2D eigenvalue weighted by atomic mass is 35.5. The highest BCUT2D eigenvalue weighted by Gasteiger charge is 2.25. The van der Waals surface area contributed by atoms with Crippen LogP contribution in [0.25, 0.3) is 33.4 Å². The largest absolute Gasteiger partial charge is 0.327 e. The summed E-state index contributed by atoms with van der Waals surface area (Å²) < 4.78 is 30.7. The van der Waals surface area contributed by atoms with Gasteiger partial charge in [0, 0.05) is 29.5 Å². The Bertz CT molecular complexity index is 1160. The van der Waals surface area contributed by atoms with Gasteiger partial charge < -0.3 is 4.57 Å². The topological polar surface area (TPSA) is 46.5 Å². The average molecular weight is 371 g/mol. The third-order valence-corrected chi connectivity index (χ3v) is 5.10. The standard InChI is InChI=1S/C19H13ClF2N4/c20-13-8-14(21)12(7-15(13)22)18-19(26-5-1-2-17(26)24-18)10-3-4-16-11(6-10)9-23-25-16/h3-4,6-9H,1-2,5H2,(H,23,25). The fraction of sp³-hybridized carbons (Fsp3) is 0.158. The summed E-state index contributed by atoms with van der Waals surface area (Å²) in [6.45, 7) is 0.804. The molecule has 4 nitrogen and oxygen atoms in total. The minimum atomic E-state index is -0.660. The molecule has 2 aromatic heterocycles. The molecule has 0 aliphatic carbocycles. The summed E-state index contributed by atoms with van der Waals surface area (Å²) in [6, 6.07) is 7.97. The number of fused-ring (bicyclic) bond motifs is 2. The van der Waals surface area contributed by atoms with Crippen molar-refractivity contribution in [2.45, 2.75) is 19.4 Å². The molecule has 3 heterocycles. The van der Waals surface area contributed by atoms with Gasteiger partial charge in [-0.1, -0.05) is 17.7 Å². The number of aromatic nitrogens is 4. The van der Waals surface area contributed by atoms with Crippen LogP contribution in [0.15, 0.2) is 36.5 Å². The zero-order chi connectivity index (χ0) is 17.8. The molecule has 0 bridgehead atoms. The van der Waals surface area contributed by atoms with Gasteiger partial charge in [0.1, 0.15) is 17.5 Å². The number of benzene rings is 2. The first-order chi connectivity index (χ1) is 12.6. The second-order valence-corrected chi connectivity index (χ2v) is 6.81. The maximum atomic E-state index is 14.6. The number of H-pyrrole nitrogens is 1. The van der Waals surface area contributed by atoms with E-state index < -0.39 is 11.6 Å². The summed E-state index contributed by atoms with van der Waals surface area (Å²) >= 11 is 5.71. The molecule has 0 radical (unpaired) electrons. The number of nitrogens with one attached hydrogen (secondary N) is 1. The van der Waals surface area contributed by atoms with Crippen LogP contribution < -0.4 is 0 Å². The van der Waals surface area contributed by atoms with Gasteiger partial charge in [0.05, 0.1) is 28.1 Å². The van der Waals surface area contributed by atoms with Crippen LogP contribution in [-0.2, 0) is 13.0 Å². The van der Waals surface area contributed by atoms with E-state index in [1.165, 1.54) is 0 Å². The Kier molecular flexibility index (Phi) is 3.37. The van der Waals surface area contributed by atoms with Crippen molar-refractivity contribution < 1.29 is 8.78 Å². The number of imidazole rings is 1. The monoisotopic (exact) mass is 370 g/mol. The van der Waals surface area contributed by atoms with Crippen LogP contribution in [0.5, 0.6) is 0 Å². The van der Waals surface area contributed by atoms with Crippen molar-refractivity contribution in [3.63, 3.8) is 0 Å². The maximum absolute atomic E-state index is 14.6. The Morgan fingerprint density at radius 1 is 1.12 bits per heavy atom. The normalized spacial score (nSPS) is 13.5. The van der Waals surface area contributed by atoms with E-state index in [9.17, 15) is 8.78 Å². The summed E-state index contributed by atoms with van der Waals surface area (Å²) in [4.78, 5) is 4.63. The van der Waals surface area contributed by atoms with Gasteiger partial charge in [-0.3, -0.25) is 5.10 Å². The molecule has 0 atom stereocenters. The van der Waals surface area contributed by atoms with Crippen molar-refractivity contribution in [2.75, 3.05) is 0 Å². The molecule has 4 aromatic rings. The lowest BCUT2D eigenvalue weighted by Gasteiger charge is -2.10. The molecule has 1 N–H and O–H groups in total. The van der Waals surface area contributed by atoms with Crippen molar-refractivity contribution in [3.05, 3.63) is 59.0 Å². The summed E-state index contributed by atoms with van der Waals surface area (Å²) in [5.41, 5.74) is 3.16. The average Bonchev–Trinajstić information content (AvgIpc) is 3.32. The molecule has 130 valence electrons. The quantitative estimate of drug-likeness (QED) is 0.506. The van der Waals surface area contributed by atoms with Crippen LogP contribution in [0.4, 0.5) is 8.78 Å². The lowest BCUT2D eigenvalue weighted by molar-refractivity contribution is 0.603. The van der Waals surface area contributed by atoms with Gasteiger partial charge in [-0.25, -0.2) is 13.8 Å². The number of aromatic amines is 1. The molecule has 2 aromatic carbocycles. The first-order valence-electron chi connectivity index (χ1n) is 8.29. The smallest absolute Gasteiger partial charge is 0.142 e. The third-order valence-electron chi connectivity index (χ3n) is 4.81. The number of halogens is 3. The van der Waals surface area contributed by atoms with E-state index in [2.05, 4.69) is 19.7 Å². The SMILES string of the molecule is Fc1cc(-c2nc3n(c2-c2ccc4[nH]ncc4c2)CCC3)c(F)cc1Cl. The van der Waals surface area contributed by atoms with Gasteiger partial charge in [-0.2, -0.15) is 5.10 Å². The van der Waals surface area contributed by atoms with E-state index in [-0.39, 0.29) is 10.6 Å². The van der Waals surface area contributed by atoms with E-state index in [1.807, 2.05) is 18.2 Å². The second kappa shape index (κ2) is 5.64. The number of nitrogens with zero attached hydrogens (tertiary/aromatic N) is 3. The fourth-order valence-electron chi connectivity index (χ4n) is 3.60. The molecule has 0 saturated carbocycles. The van der Waals surface area contributed by atoms with Gasteiger partial charge in [0.25, 0.3) is 0 Å². The first-order valence-corrected chi connectivity index (χ1v) is 8.67. The van der Waals surface area contributed by atoms with Crippen molar-refractivity contribution >= 4 is 22.5 Å². The van der Waals surface area contributed by atoms with Crippen LogP contribution in [0, 0.1) is 11.6 Å². The highest BCUT2D eigenvalue weighted by molar-refractivity contribution is 6.30. The van der Waals surface area contributed by atoms with Crippen molar-refractivity contribution in [1.29, 1.82) is 0 Å². The van der Waals surface area contributed by atoms with E-state index >= 15 is 0 Å². The minimum Gasteiger partial charge on any atom is -0.327 e. The summed E-state index contributed by atoms with van der Waals surface area (Å²) in [7, 11) is 0. The Balaban J connectivity index is 1.78. The molecule has 7 heteroatoms. The first kappa shape index (κ1) is 15.5. The Labute approximate surface area is 152 Å². The third kappa shape index (κ3) is 2.25. The van der Waals surface area contributed by atoms with Crippen LogP contribution in [0.1, 0.15) is 12.2 Å². The summed E-state index contributed by atoms with van der Waals surface area (Å²) in [5.74, 6) is -0.358. The predicted octanol–water partition coefficient (Wildman–Crippen LogP) is 4.97. The van der Waals surface area contributed by atoms with Crippen molar-refractivity contribution in [3.8, 4) is 22.5 Å². The number of rotatable bonds is 2. The number of aryl methyl sites for hydroxylation is 1. The molecule has 26 heavy (non-hydrogen) atoms. The van der Waals surface area contributed by atoms with E-state index in [1.54, 1.807) is 6.20 Å². The minimum absolute atomic E-state index is 0.121. The Morgan fingerprint density at radius 3 is 2.88 bits per heavy atom. The Hall–Kier alpha value is -2.73. The van der Waals surface area contributed by atoms with Crippen LogP contribution in [-0.4, -0.2) is 19.7 Å². The zero-order valence-electron chi connectivity index (χ0n) is 13.6. The van der Waals surface area contributed by atoms with E-state index in [4.69, 9.17) is 11.6 Å². The van der Waals surface area contributed by atoms with Crippen molar-refractivity contribution in [1.82, 2.24) is 19.7 Å². The summed E-state index contributed by atoms with van der Waals surface area (Å²) in [6.07, 6.45) is 3.54. The highest BCUT2D eigenvalue weighted by Crippen LogP contribution is 2.38. The molecule has 1 aliphatic heterocycles. The maximum Gasteiger partial charge on any atom is 0.142 e. The molecule has 0 saturated heterocycles. The lowest BCUT2D eigenvalue weighted by atomic mass is 10.0. The van der Waals surface area contributed by atoms with Gasteiger partial charge in [0.2, 0.25) is 0 Å². The van der Waals surface area contributed by atoms with E-state index in [0.29, 0.717) is 5.69 Å². The van der Waals surface area contributed by atoms with Gasteiger partial charge in [0.15, 0.2) is 0 Å². The van der Waals surface area contributed by atoms with Crippen LogP contribution >= 0.6 is 11.6 Å². The van der Waals surface area contributed by atoms with Crippen LogP contribution in [0.3, 0.4) is 0 Å². The molecule has 5 rings (SSSR count). The Morgan fingerprint density at radius 2 is 2.00 bits per heavy atom. The fourth-order valence-corrected chi connectivity index (χ4v) is 3.75. The molecule has 0 fully saturated rings. The van der Waals surface area contributed by atoms with E-state index in [0.717, 1.165) is 59.5 Å². The molecule has 0 spiro atoms. The molecule has 0 amide bonds. The van der Waals surface area contributed by atoms with Gasteiger partial charge in [-0.15, -0.1) is 0 Å². The zero-order valence-corrected chi connectivity index (χ0v) is 14.3. The summed E-state index contributed by atoms with van der Waals surface area (Å²) in [5, 5.41) is 7.67.